The standard InChI is InChI=1S/C13H15BrN2S/c1-16-13(9-15)6-5-12(8-13)17-11-4-2-3-10(14)7-11/h2-4,7,12,16H,5-6,8H2,1H3. The normalized spacial score (nSPS) is 27.9. The zero-order valence-electron chi connectivity index (χ0n) is 9.74. The van der Waals surface area contributed by atoms with E-state index in [0.29, 0.717) is 5.25 Å². The summed E-state index contributed by atoms with van der Waals surface area (Å²) in [5.74, 6) is 0. The van der Waals surface area contributed by atoms with E-state index in [0.717, 1.165) is 23.7 Å². The summed E-state index contributed by atoms with van der Waals surface area (Å²) in [5.41, 5.74) is -0.302. The molecule has 1 aliphatic rings. The van der Waals surface area contributed by atoms with Crippen molar-refractivity contribution < 1.29 is 0 Å². The molecule has 1 aliphatic carbocycles. The lowest BCUT2D eigenvalue weighted by Crippen LogP contribution is -2.38. The van der Waals surface area contributed by atoms with Gasteiger partial charge in [0.25, 0.3) is 0 Å². The van der Waals surface area contributed by atoms with E-state index in [1.807, 2.05) is 24.9 Å². The van der Waals surface area contributed by atoms with E-state index < -0.39 is 0 Å². The Kier molecular flexibility index (Phi) is 4.13. The number of halogens is 1. The summed E-state index contributed by atoms with van der Waals surface area (Å²) in [7, 11) is 1.88. The molecule has 1 N–H and O–H groups in total. The molecule has 0 amide bonds. The minimum absolute atomic E-state index is 0.302. The van der Waals surface area contributed by atoms with E-state index in [4.69, 9.17) is 0 Å². The molecule has 2 unspecified atom stereocenters. The first-order chi connectivity index (χ1) is 8.17. The SMILES string of the molecule is CNC1(C#N)CCC(Sc2cccc(Br)c2)C1. The van der Waals surface area contributed by atoms with Crippen molar-refractivity contribution in [3.05, 3.63) is 28.7 Å². The van der Waals surface area contributed by atoms with Crippen molar-refractivity contribution in [2.24, 2.45) is 0 Å². The van der Waals surface area contributed by atoms with Crippen LogP contribution in [0.5, 0.6) is 0 Å². The summed E-state index contributed by atoms with van der Waals surface area (Å²) in [6.45, 7) is 0. The van der Waals surface area contributed by atoms with Gasteiger partial charge in [-0.1, -0.05) is 22.0 Å². The van der Waals surface area contributed by atoms with Gasteiger partial charge in [-0.3, -0.25) is 0 Å². The highest BCUT2D eigenvalue weighted by Gasteiger charge is 2.38. The Morgan fingerprint density at radius 2 is 2.41 bits per heavy atom. The topological polar surface area (TPSA) is 35.8 Å². The van der Waals surface area contributed by atoms with E-state index in [1.165, 1.54) is 4.90 Å². The monoisotopic (exact) mass is 310 g/mol. The first kappa shape index (κ1) is 12.9. The van der Waals surface area contributed by atoms with Crippen LogP contribution in [0.25, 0.3) is 0 Å². The van der Waals surface area contributed by atoms with E-state index in [2.05, 4.69) is 45.5 Å². The fraction of sp³-hybridized carbons (Fsp3) is 0.462. The molecule has 0 saturated heterocycles. The maximum atomic E-state index is 9.22. The van der Waals surface area contributed by atoms with Crippen LogP contribution in [-0.2, 0) is 0 Å². The van der Waals surface area contributed by atoms with Crippen molar-refractivity contribution in [3.63, 3.8) is 0 Å². The molecule has 2 nitrogen and oxygen atoms in total. The van der Waals surface area contributed by atoms with Crippen molar-refractivity contribution in [2.75, 3.05) is 7.05 Å². The smallest absolute Gasteiger partial charge is 0.107 e. The third-order valence-corrected chi connectivity index (χ3v) is 5.02. The maximum Gasteiger partial charge on any atom is 0.107 e. The van der Waals surface area contributed by atoms with Crippen molar-refractivity contribution in [3.8, 4) is 6.07 Å². The van der Waals surface area contributed by atoms with E-state index in [9.17, 15) is 5.26 Å². The van der Waals surface area contributed by atoms with E-state index in [1.54, 1.807) is 0 Å². The lowest BCUT2D eigenvalue weighted by atomic mass is 10.0. The van der Waals surface area contributed by atoms with Gasteiger partial charge in [0.15, 0.2) is 0 Å². The minimum atomic E-state index is -0.302. The highest BCUT2D eigenvalue weighted by Crippen LogP contribution is 2.40. The predicted molar refractivity (Wildman–Crippen MR) is 75.0 cm³/mol. The number of nitrogens with one attached hydrogen (secondary N) is 1. The molecule has 4 heteroatoms. The fourth-order valence-corrected chi connectivity index (χ4v) is 4.11. The van der Waals surface area contributed by atoms with Crippen molar-refractivity contribution >= 4 is 27.7 Å². The molecule has 1 aromatic rings. The summed E-state index contributed by atoms with van der Waals surface area (Å²) >= 11 is 5.36. The predicted octanol–water partition coefficient (Wildman–Crippen LogP) is 3.58. The van der Waals surface area contributed by atoms with Crippen LogP contribution in [0, 0.1) is 11.3 Å². The molecule has 0 aromatic heterocycles. The average molecular weight is 311 g/mol. The van der Waals surface area contributed by atoms with E-state index in [-0.39, 0.29) is 5.54 Å². The largest absolute Gasteiger partial charge is 0.302 e. The number of rotatable bonds is 3. The van der Waals surface area contributed by atoms with Gasteiger partial charge < -0.3 is 5.32 Å². The second kappa shape index (κ2) is 5.43. The Bertz CT molecular complexity index is 443. The molecule has 1 fully saturated rings. The van der Waals surface area contributed by atoms with E-state index >= 15 is 0 Å². The first-order valence-corrected chi connectivity index (χ1v) is 7.37. The summed E-state index contributed by atoms with van der Waals surface area (Å²) in [6.07, 6.45) is 2.98. The number of hydrogen-bond acceptors (Lipinski definition) is 3. The third-order valence-electron chi connectivity index (χ3n) is 3.26. The van der Waals surface area contributed by atoms with Crippen LogP contribution in [0.1, 0.15) is 19.3 Å². The van der Waals surface area contributed by atoms with Gasteiger partial charge in [0.2, 0.25) is 0 Å². The van der Waals surface area contributed by atoms with Gasteiger partial charge >= 0.3 is 0 Å². The van der Waals surface area contributed by atoms with Crippen molar-refractivity contribution in [1.82, 2.24) is 5.32 Å². The molecule has 1 aromatic carbocycles. The maximum absolute atomic E-state index is 9.22. The van der Waals surface area contributed by atoms with Crippen LogP contribution in [0.3, 0.4) is 0 Å². The molecule has 2 rings (SSSR count). The van der Waals surface area contributed by atoms with Gasteiger partial charge in [0.1, 0.15) is 5.54 Å². The van der Waals surface area contributed by atoms with Crippen molar-refractivity contribution in [1.29, 1.82) is 5.26 Å². The third kappa shape index (κ3) is 3.04. The summed E-state index contributed by atoms with van der Waals surface area (Å²) in [5, 5.41) is 12.9. The van der Waals surface area contributed by atoms with Gasteiger partial charge in [-0.15, -0.1) is 11.8 Å². The van der Waals surface area contributed by atoms with Crippen LogP contribution < -0.4 is 5.32 Å². The highest BCUT2D eigenvalue weighted by atomic mass is 79.9. The molecule has 1 saturated carbocycles. The summed E-state index contributed by atoms with van der Waals surface area (Å²) in [6, 6.07) is 10.8. The number of nitriles is 1. The van der Waals surface area contributed by atoms with Crippen molar-refractivity contribution in [2.45, 2.75) is 34.9 Å². The number of hydrogen-bond donors (Lipinski definition) is 1. The highest BCUT2D eigenvalue weighted by molar-refractivity contribution is 9.10. The number of thioether (sulfide) groups is 1. The van der Waals surface area contributed by atoms with Crippen LogP contribution >= 0.6 is 27.7 Å². The van der Waals surface area contributed by atoms with Crippen LogP contribution in [0.4, 0.5) is 0 Å². The molecule has 0 bridgehead atoms. The van der Waals surface area contributed by atoms with Gasteiger partial charge in [-0.25, -0.2) is 0 Å². The fourth-order valence-electron chi connectivity index (χ4n) is 2.22. The molecule has 0 radical (unpaired) electrons. The Hall–Kier alpha value is -0.500. The summed E-state index contributed by atoms with van der Waals surface area (Å²) < 4.78 is 1.11. The lowest BCUT2D eigenvalue weighted by molar-refractivity contribution is 0.464. The zero-order chi connectivity index (χ0) is 12.3. The van der Waals surface area contributed by atoms with Crippen LogP contribution in [0.15, 0.2) is 33.6 Å². The van der Waals surface area contributed by atoms with Gasteiger partial charge in [-0.2, -0.15) is 5.26 Å². The Morgan fingerprint density at radius 3 is 3.00 bits per heavy atom. The first-order valence-electron chi connectivity index (χ1n) is 5.70. The molecule has 2 atom stereocenters. The van der Waals surface area contributed by atoms with Gasteiger partial charge in [-0.05, 0) is 44.5 Å². The lowest BCUT2D eigenvalue weighted by Gasteiger charge is -2.19. The molecule has 0 aliphatic heterocycles. The second-order valence-corrected chi connectivity index (χ2v) is 6.67. The number of nitrogens with zero attached hydrogens (tertiary/aromatic N) is 1. The Labute approximate surface area is 115 Å². The Morgan fingerprint density at radius 1 is 1.59 bits per heavy atom. The average Bonchev–Trinajstić information content (AvgIpc) is 2.73. The summed E-state index contributed by atoms with van der Waals surface area (Å²) in [4.78, 5) is 1.27. The Balaban J connectivity index is 2.01. The quantitative estimate of drug-likeness (QED) is 0.927. The zero-order valence-corrected chi connectivity index (χ0v) is 12.1. The van der Waals surface area contributed by atoms with Gasteiger partial charge in [0, 0.05) is 14.6 Å². The second-order valence-electron chi connectivity index (χ2n) is 4.38. The minimum Gasteiger partial charge on any atom is -0.302 e. The van der Waals surface area contributed by atoms with Crippen LogP contribution in [0.2, 0.25) is 0 Å². The molecule has 17 heavy (non-hydrogen) atoms. The molecular formula is C13H15BrN2S. The molecule has 0 spiro atoms. The van der Waals surface area contributed by atoms with Gasteiger partial charge in [0.05, 0.1) is 6.07 Å². The number of benzene rings is 1. The van der Waals surface area contributed by atoms with Crippen LogP contribution in [-0.4, -0.2) is 17.8 Å². The molecular weight excluding hydrogens is 296 g/mol. The molecule has 90 valence electrons. The molecule has 0 heterocycles.